The fourth-order valence-corrected chi connectivity index (χ4v) is 4.52. The predicted octanol–water partition coefficient (Wildman–Crippen LogP) is 5.99. The van der Waals surface area contributed by atoms with Crippen molar-refractivity contribution in [2.24, 2.45) is 0 Å². The van der Waals surface area contributed by atoms with Crippen molar-refractivity contribution in [3.05, 3.63) is 129 Å². The van der Waals surface area contributed by atoms with Crippen LogP contribution in [0.4, 0.5) is 0 Å². The molecule has 0 aromatic heterocycles. The second kappa shape index (κ2) is 9.98. The number of hydrogen-bond donors (Lipinski definition) is 2. The third-order valence-corrected chi connectivity index (χ3v) is 6.06. The highest BCUT2D eigenvalue weighted by Gasteiger charge is 2.38. The number of carbonyl (C=O) groups is 2. The van der Waals surface area contributed by atoms with Gasteiger partial charge in [0.2, 0.25) is 0 Å². The van der Waals surface area contributed by atoms with Gasteiger partial charge in [-0.1, -0.05) is 84.4 Å². The Hall–Kier alpha value is -3.83. The summed E-state index contributed by atoms with van der Waals surface area (Å²) in [6, 6.07) is 25.8. The summed E-state index contributed by atoms with van der Waals surface area (Å²) < 4.78 is 6.09. The number of dihydropyridines is 1. The van der Waals surface area contributed by atoms with Gasteiger partial charge in [-0.3, -0.25) is 0 Å². The third-order valence-electron chi connectivity index (χ3n) is 5.82. The van der Waals surface area contributed by atoms with Crippen LogP contribution in [0.5, 0.6) is 0 Å². The highest BCUT2D eigenvalue weighted by Crippen LogP contribution is 2.40. The molecule has 0 fully saturated rings. The highest BCUT2D eigenvalue weighted by atomic mass is 35.5. The van der Waals surface area contributed by atoms with Crippen LogP contribution in [0.3, 0.4) is 0 Å². The summed E-state index contributed by atoms with van der Waals surface area (Å²) in [6.45, 7) is 3.43. The number of nitrogens with one attached hydrogen (secondary N) is 1. The first-order valence-electron chi connectivity index (χ1n) is 10.8. The molecule has 0 saturated carbocycles. The minimum Gasteiger partial charge on any atom is -0.478 e. The molecular weight excluding hydrogens is 450 g/mol. The van der Waals surface area contributed by atoms with Crippen LogP contribution in [0.25, 0.3) is 0 Å². The van der Waals surface area contributed by atoms with Gasteiger partial charge in [0.1, 0.15) is 0 Å². The van der Waals surface area contributed by atoms with Gasteiger partial charge in [-0.2, -0.15) is 0 Å². The summed E-state index contributed by atoms with van der Waals surface area (Å²) in [5.41, 5.74) is 3.56. The van der Waals surface area contributed by atoms with Gasteiger partial charge < -0.3 is 15.2 Å². The number of carboxylic acid groups (broad SMARTS) is 1. The molecule has 2 N–H and O–H groups in total. The molecule has 3 aromatic carbocycles. The molecule has 4 rings (SSSR count). The van der Waals surface area contributed by atoms with Crippen molar-refractivity contribution in [3.8, 4) is 0 Å². The van der Waals surface area contributed by atoms with E-state index in [4.69, 9.17) is 16.3 Å². The maximum Gasteiger partial charge on any atom is 0.337 e. The number of allylic oxidation sites excluding steroid dienone is 2. The summed E-state index contributed by atoms with van der Waals surface area (Å²) in [4.78, 5) is 26.0. The Kier molecular flexibility index (Phi) is 6.85. The number of ether oxygens (including phenoxy) is 1. The summed E-state index contributed by atoms with van der Waals surface area (Å²) in [5, 5.41) is 13.5. The molecule has 3 aromatic rings. The van der Waals surface area contributed by atoms with Gasteiger partial charge in [0.05, 0.1) is 17.1 Å². The molecule has 0 radical (unpaired) electrons. The molecule has 0 amide bonds. The zero-order chi connectivity index (χ0) is 24.2. The predicted molar refractivity (Wildman–Crippen MR) is 131 cm³/mol. The van der Waals surface area contributed by atoms with Crippen LogP contribution >= 0.6 is 11.6 Å². The van der Waals surface area contributed by atoms with E-state index in [1.165, 1.54) is 0 Å². The van der Waals surface area contributed by atoms with Gasteiger partial charge in [-0.25, -0.2) is 9.59 Å². The number of rotatable bonds is 6. The van der Waals surface area contributed by atoms with Gasteiger partial charge in [-0.15, -0.1) is 0 Å². The number of esters is 1. The Morgan fingerprint density at radius 2 is 1.41 bits per heavy atom. The molecule has 1 unspecified atom stereocenters. The molecule has 6 heteroatoms. The SMILES string of the molecule is CC1=C(C(=O)O)C(c2cccc(Cl)c2)C(C(=O)OC(c2ccccc2)c2ccccc2)=C(C)N1. The van der Waals surface area contributed by atoms with Gasteiger partial charge in [-0.05, 0) is 42.7 Å². The van der Waals surface area contributed by atoms with Crippen molar-refractivity contribution in [3.63, 3.8) is 0 Å². The lowest BCUT2D eigenvalue weighted by Crippen LogP contribution is -2.32. The quantitative estimate of drug-likeness (QED) is 0.430. The molecular formula is C28H24ClNO4. The van der Waals surface area contributed by atoms with Gasteiger partial charge >= 0.3 is 11.9 Å². The monoisotopic (exact) mass is 473 g/mol. The van der Waals surface area contributed by atoms with E-state index >= 15 is 0 Å². The molecule has 1 atom stereocenters. The van der Waals surface area contributed by atoms with Crippen molar-refractivity contribution in [1.29, 1.82) is 0 Å². The maximum atomic E-state index is 13.7. The lowest BCUT2D eigenvalue weighted by atomic mass is 9.80. The topological polar surface area (TPSA) is 75.6 Å². The first-order valence-corrected chi connectivity index (χ1v) is 11.2. The number of carbonyl (C=O) groups excluding carboxylic acids is 1. The van der Waals surface area contributed by atoms with Crippen molar-refractivity contribution in [1.82, 2.24) is 5.32 Å². The number of hydrogen-bond acceptors (Lipinski definition) is 4. The second-order valence-electron chi connectivity index (χ2n) is 8.10. The summed E-state index contributed by atoms with van der Waals surface area (Å²) >= 11 is 6.22. The number of halogens is 1. The van der Waals surface area contributed by atoms with Crippen LogP contribution in [-0.2, 0) is 14.3 Å². The highest BCUT2D eigenvalue weighted by molar-refractivity contribution is 6.30. The summed E-state index contributed by atoms with van der Waals surface area (Å²) in [5.74, 6) is -2.55. The minimum atomic E-state index is -1.12. The van der Waals surface area contributed by atoms with Crippen LogP contribution in [0.15, 0.2) is 107 Å². The molecule has 5 nitrogen and oxygen atoms in total. The van der Waals surface area contributed by atoms with Gasteiger partial charge in [0.15, 0.2) is 6.10 Å². The van der Waals surface area contributed by atoms with Crippen molar-refractivity contribution < 1.29 is 19.4 Å². The molecule has 0 spiro atoms. The van der Waals surface area contributed by atoms with E-state index in [-0.39, 0.29) is 11.1 Å². The average molecular weight is 474 g/mol. The van der Waals surface area contributed by atoms with E-state index in [0.29, 0.717) is 22.0 Å². The lowest BCUT2D eigenvalue weighted by molar-refractivity contribution is -0.143. The van der Waals surface area contributed by atoms with E-state index in [2.05, 4.69) is 5.32 Å². The van der Waals surface area contributed by atoms with Crippen LogP contribution in [0.2, 0.25) is 5.02 Å². The third kappa shape index (κ3) is 4.75. The lowest BCUT2D eigenvalue weighted by Gasteiger charge is -2.31. The summed E-state index contributed by atoms with van der Waals surface area (Å²) in [7, 11) is 0. The van der Waals surface area contributed by atoms with E-state index in [9.17, 15) is 14.7 Å². The first kappa shape index (κ1) is 23.3. The fourth-order valence-electron chi connectivity index (χ4n) is 4.32. The molecule has 34 heavy (non-hydrogen) atoms. The molecule has 1 aliphatic rings. The van der Waals surface area contributed by atoms with Crippen LogP contribution in [-0.4, -0.2) is 17.0 Å². The molecule has 0 aliphatic carbocycles. The molecule has 1 heterocycles. The number of carboxylic acids is 1. The number of benzene rings is 3. The van der Waals surface area contributed by atoms with Crippen LogP contribution < -0.4 is 5.32 Å². The normalized spacial score (nSPS) is 15.8. The number of aliphatic carboxylic acids is 1. The Labute approximate surface area is 203 Å². The van der Waals surface area contributed by atoms with Crippen molar-refractivity contribution in [2.45, 2.75) is 25.9 Å². The Morgan fingerprint density at radius 1 is 0.853 bits per heavy atom. The molecule has 172 valence electrons. The summed E-state index contributed by atoms with van der Waals surface area (Å²) in [6.07, 6.45) is -0.657. The fraction of sp³-hybridized carbons (Fsp3) is 0.143. The minimum absolute atomic E-state index is 0.0794. The van der Waals surface area contributed by atoms with Gasteiger partial charge in [0.25, 0.3) is 0 Å². The van der Waals surface area contributed by atoms with Crippen LogP contribution in [0.1, 0.15) is 42.6 Å². The average Bonchev–Trinajstić information content (AvgIpc) is 2.82. The Balaban J connectivity index is 1.79. The second-order valence-corrected chi connectivity index (χ2v) is 8.54. The molecule has 0 bridgehead atoms. The van der Waals surface area contributed by atoms with E-state index in [1.807, 2.05) is 60.7 Å². The standard InChI is InChI=1S/C28H24ClNO4/c1-17-23(27(31)32)25(21-14-9-15-22(29)16-21)24(18(2)30-17)28(33)34-26(19-10-5-3-6-11-19)20-12-7-4-8-13-20/h3-16,25-26,30H,1-2H3,(H,31,32). The molecule has 0 saturated heterocycles. The largest absolute Gasteiger partial charge is 0.478 e. The Morgan fingerprint density at radius 3 is 1.94 bits per heavy atom. The van der Waals surface area contributed by atoms with Crippen molar-refractivity contribution in [2.75, 3.05) is 0 Å². The van der Waals surface area contributed by atoms with E-state index in [0.717, 1.165) is 11.1 Å². The first-order chi connectivity index (χ1) is 16.4. The van der Waals surface area contributed by atoms with Crippen LogP contribution in [0, 0.1) is 0 Å². The van der Waals surface area contributed by atoms with E-state index < -0.39 is 24.0 Å². The van der Waals surface area contributed by atoms with Crippen molar-refractivity contribution >= 4 is 23.5 Å². The van der Waals surface area contributed by atoms with Gasteiger partial charge in [0, 0.05) is 16.4 Å². The zero-order valence-electron chi connectivity index (χ0n) is 18.8. The smallest absolute Gasteiger partial charge is 0.337 e. The maximum absolute atomic E-state index is 13.7. The zero-order valence-corrected chi connectivity index (χ0v) is 19.5. The molecule has 1 aliphatic heterocycles. The Bertz CT molecular complexity index is 1240. The van der Waals surface area contributed by atoms with E-state index in [1.54, 1.807) is 38.1 Å².